The predicted octanol–water partition coefficient (Wildman–Crippen LogP) is 3.09. The number of hydrogen-bond acceptors (Lipinski definition) is 5. The average molecular weight is 354 g/mol. The van der Waals surface area contributed by atoms with Crippen LogP contribution >= 0.6 is 0 Å². The molecule has 3 aromatic rings. The van der Waals surface area contributed by atoms with E-state index < -0.39 is 17.6 Å². The van der Waals surface area contributed by atoms with Crippen LogP contribution in [0.5, 0.6) is 5.75 Å². The van der Waals surface area contributed by atoms with Crippen molar-refractivity contribution in [2.75, 3.05) is 7.11 Å². The van der Waals surface area contributed by atoms with Gasteiger partial charge in [-0.05, 0) is 30.3 Å². The second kappa shape index (κ2) is 7.18. The zero-order chi connectivity index (χ0) is 18.7. The van der Waals surface area contributed by atoms with E-state index in [0.29, 0.717) is 16.7 Å². The molecule has 0 aliphatic carbocycles. The standard InChI is InChI=1S/C19H15FN2O4/c1-11(23)21-18(24)15-9-12-5-3-8-16(25-2)17(12)26-19(15)22-14-7-4-6-13(20)10-14/h3-10H,1-2H3,(H,21,23,24). The molecule has 1 N–H and O–H groups in total. The molecule has 26 heavy (non-hydrogen) atoms. The van der Waals surface area contributed by atoms with Crippen LogP contribution in [0.15, 0.2) is 57.9 Å². The maximum absolute atomic E-state index is 13.4. The first kappa shape index (κ1) is 17.3. The topological polar surface area (TPSA) is 80.9 Å². The molecule has 0 aliphatic rings. The van der Waals surface area contributed by atoms with Crippen molar-refractivity contribution in [2.45, 2.75) is 6.92 Å². The highest BCUT2D eigenvalue weighted by Crippen LogP contribution is 2.25. The molecule has 0 radical (unpaired) electrons. The third-order valence-corrected chi connectivity index (χ3v) is 3.53. The number of methoxy groups -OCH3 is 1. The van der Waals surface area contributed by atoms with Gasteiger partial charge in [-0.15, -0.1) is 0 Å². The highest BCUT2D eigenvalue weighted by molar-refractivity contribution is 6.05. The minimum atomic E-state index is -0.666. The van der Waals surface area contributed by atoms with Crippen molar-refractivity contribution >= 4 is 28.5 Å². The van der Waals surface area contributed by atoms with E-state index in [2.05, 4.69) is 10.3 Å². The summed E-state index contributed by atoms with van der Waals surface area (Å²) in [4.78, 5) is 27.8. The van der Waals surface area contributed by atoms with E-state index in [1.807, 2.05) is 0 Å². The van der Waals surface area contributed by atoms with Crippen LogP contribution in [-0.4, -0.2) is 18.9 Å². The second-order valence-corrected chi connectivity index (χ2v) is 5.45. The zero-order valence-corrected chi connectivity index (χ0v) is 14.1. The molecule has 0 aliphatic heterocycles. The zero-order valence-electron chi connectivity index (χ0n) is 14.1. The molecule has 0 spiro atoms. The fraction of sp³-hybridized carbons (Fsp3) is 0.105. The van der Waals surface area contributed by atoms with E-state index in [0.717, 1.165) is 0 Å². The van der Waals surface area contributed by atoms with Gasteiger partial charge < -0.3 is 9.15 Å². The molecule has 0 atom stereocenters. The molecule has 0 bridgehead atoms. The van der Waals surface area contributed by atoms with Gasteiger partial charge in [0.25, 0.3) is 5.91 Å². The molecular weight excluding hydrogens is 339 g/mol. The summed E-state index contributed by atoms with van der Waals surface area (Å²) < 4.78 is 24.5. The third-order valence-electron chi connectivity index (χ3n) is 3.53. The smallest absolute Gasteiger partial charge is 0.263 e. The van der Waals surface area contributed by atoms with Gasteiger partial charge in [-0.1, -0.05) is 18.2 Å². The molecule has 0 fully saturated rings. The molecule has 2 amide bonds. The first-order valence-electron chi connectivity index (χ1n) is 7.71. The SMILES string of the molecule is COc1cccc2cc(C(=O)NC(C)=O)c(=Nc3cccc(F)c3)oc12. The molecule has 3 rings (SSSR count). The fourth-order valence-electron chi connectivity index (χ4n) is 2.42. The Bertz CT molecular complexity index is 1070. The maximum atomic E-state index is 13.4. The first-order chi connectivity index (χ1) is 12.5. The van der Waals surface area contributed by atoms with Crippen LogP contribution in [0.2, 0.25) is 0 Å². The monoisotopic (exact) mass is 354 g/mol. The Morgan fingerprint density at radius 2 is 1.92 bits per heavy atom. The number of imide groups is 1. The number of halogens is 1. The number of benzene rings is 2. The predicted molar refractivity (Wildman–Crippen MR) is 92.5 cm³/mol. The summed E-state index contributed by atoms with van der Waals surface area (Å²) in [5.41, 5.74) is 0.626. The van der Waals surface area contributed by atoms with Crippen LogP contribution in [0.25, 0.3) is 11.0 Å². The Balaban J connectivity index is 2.29. The lowest BCUT2D eigenvalue weighted by Crippen LogP contribution is -2.32. The number of ether oxygens (including phenoxy) is 1. The van der Waals surface area contributed by atoms with Crippen molar-refractivity contribution in [2.24, 2.45) is 4.99 Å². The molecule has 6 nitrogen and oxygen atoms in total. The van der Waals surface area contributed by atoms with Gasteiger partial charge in [0, 0.05) is 12.3 Å². The third kappa shape index (κ3) is 3.61. The lowest BCUT2D eigenvalue weighted by molar-refractivity contribution is -0.118. The van der Waals surface area contributed by atoms with Crippen molar-refractivity contribution in [3.05, 3.63) is 65.5 Å². The van der Waals surface area contributed by atoms with Crippen LogP contribution < -0.4 is 15.6 Å². The number of rotatable bonds is 3. The van der Waals surface area contributed by atoms with Gasteiger partial charge in [0.05, 0.1) is 12.8 Å². The number of para-hydroxylation sites is 1. The van der Waals surface area contributed by atoms with Crippen LogP contribution in [-0.2, 0) is 4.79 Å². The minimum Gasteiger partial charge on any atom is -0.493 e. The molecule has 1 aromatic heterocycles. The summed E-state index contributed by atoms with van der Waals surface area (Å²) in [5.74, 6) is -1.20. The first-order valence-corrected chi connectivity index (χ1v) is 7.71. The van der Waals surface area contributed by atoms with Crippen molar-refractivity contribution in [3.8, 4) is 5.75 Å². The average Bonchev–Trinajstić information content (AvgIpc) is 2.60. The Kier molecular flexibility index (Phi) is 4.79. The van der Waals surface area contributed by atoms with Gasteiger partial charge in [0.15, 0.2) is 11.3 Å². The van der Waals surface area contributed by atoms with Crippen LogP contribution in [0.3, 0.4) is 0 Å². The van der Waals surface area contributed by atoms with Crippen LogP contribution in [0.4, 0.5) is 10.1 Å². The number of nitrogens with zero attached hydrogens (tertiary/aromatic N) is 1. The van der Waals surface area contributed by atoms with Gasteiger partial charge in [-0.3, -0.25) is 14.9 Å². The second-order valence-electron chi connectivity index (χ2n) is 5.45. The molecule has 0 unspecified atom stereocenters. The number of amides is 2. The van der Waals surface area contributed by atoms with E-state index in [4.69, 9.17) is 9.15 Å². The highest BCUT2D eigenvalue weighted by Gasteiger charge is 2.15. The lowest BCUT2D eigenvalue weighted by atomic mass is 10.1. The Labute approximate surface area is 147 Å². The van der Waals surface area contributed by atoms with Gasteiger partial charge in [0.2, 0.25) is 11.5 Å². The van der Waals surface area contributed by atoms with Crippen LogP contribution in [0, 0.1) is 5.82 Å². The molecule has 7 heteroatoms. The van der Waals surface area contributed by atoms with E-state index in [9.17, 15) is 14.0 Å². The van der Waals surface area contributed by atoms with E-state index in [-0.39, 0.29) is 16.8 Å². The summed E-state index contributed by atoms with van der Waals surface area (Å²) in [6, 6.07) is 12.3. The van der Waals surface area contributed by atoms with Gasteiger partial charge >= 0.3 is 0 Å². The van der Waals surface area contributed by atoms with Gasteiger partial charge in [0.1, 0.15) is 11.4 Å². The lowest BCUT2D eigenvalue weighted by Gasteiger charge is -2.07. The van der Waals surface area contributed by atoms with E-state index in [1.165, 1.54) is 38.3 Å². The van der Waals surface area contributed by atoms with Crippen molar-refractivity contribution < 1.29 is 23.1 Å². The number of carbonyl (C=O) groups excluding carboxylic acids is 2. The fourth-order valence-corrected chi connectivity index (χ4v) is 2.42. The summed E-state index contributed by atoms with van der Waals surface area (Å²) in [6.45, 7) is 1.22. The molecule has 1 heterocycles. The van der Waals surface area contributed by atoms with Crippen molar-refractivity contribution in [3.63, 3.8) is 0 Å². The van der Waals surface area contributed by atoms with Crippen LogP contribution in [0.1, 0.15) is 17.3 Å². The molecule has 2 aromatic carbocycles. The summed E-state index contributed by atoms with van der Waals surface area (Å²) >= 11 is 0. The quantitative estimate of drug-likeness (QED) is 0.784. The molecule has 132 valence electrons. The molecular formula is C19H15FN2O4. The number of nitrogens with one attached hydrogen (secondary N) is 1. The largest absolute Gasteiger partial charge is 0.493 e. The van der Waals surface area contributed by atoms with E-state index >= 15 is 0 Å². The maximum Gasteiger partial charge on any atom is 0.263 e. The van der Waals surface area contributed by atoms with Crippen molar-refractivity contribution in [1.29, 1.82) is 0 Å². The number of hydrogen-bond donors (Lipinski definition) is 1. The van der Waals surface area contributed by atoms with Gasteiger partial charge in [-0.2, -0.15) is 0 Å². The minimum absolute atomic E-state index is 0.0465. The summed E-state index contributed by atoms with van der Waals surface area (Å²) in [5, 5.41) is 2.78. The van der Waals surface area contributed by atoms with Gasteiger partial charge in [-0.25, -0.2) is 9.38 Å². The Morgan fingerprint density at radius 1 is 1.15 bits per heavy atom. The molecule has 0 saturated carbocycles. The summed E-state index contributed by atoms with van der Waals surface area (Å²) in [6.07, 6.45) is 0. The highest BCUT2D eigenvalue weighted by atomic mass is 19.1. The summed E-state index contributed by atoms with van der Waals surface area (Å²) in [7, 11) is 1.49. The van der Waals surface area contributed by atoms with E-state index in [1.54, 1.807) is 24.3 Å². The molecule has 0 saturated heterocycles. The van der Waals surface area contributed by atoms with Crippen molar-refractivity contribution in [1.82, 2.24) is 5.32 Å². The normalized spacial score (nSPS) is 11.4. The Morgan fingerprint density at radius 3 is 2.62 bits per heavy atom. The number of fused-ring (bicyclic) bond motifs is 1. The number of carbonyl (C=O) groups is 2. The Hall–Kier alpha value is -3.48.